The van der Waals surface area contributed by atoms with Gasteiger partial charge in [0.1, 0.15) is 0 Å². The Labute approximate surface area is 117 Å². The number of imidazole rings is 1. The summed E-state index contributed by atoms with van der Waals surface area (Å²) in [5.41, 5.74) is -0.0114. The van der Waals surface area contributed by atoms with Crippen LogP contribution in [0.3, 0.4) is 0 Å². The highest BCUT2D eigenvalue weighted by atomic mass is 16.5. The number of hydrogen-bond donors (Lipinski definition) is 3. The van der Waals surface area contributed by atoms with Crippen LogP contribution in [0.2, 0.25) is 0 Å². The molecule has 1 aromatic heterocycles. The molecule has 0 aliphatic heterocycles. The maximum atomic E-state index is 11.5. The van der Waals surface area contributed by atoms with E-state index in [-0.39, 0.29) is 17.8 Å². The number of ether oxygens (including phenoxy) is 1. The van der Waals surface area contributed by atoms with Crippen molar-refractivity contribution in [1.29, 1.82) is 0 Å². The fourth-order valence-electron chi connectivity index (χ4n) is 1.53. The quantitative estimate of drug-likeness (QED) is 0.637. The van der Waals surface area contributed by atoms with Crippen LogP contribution in [0, 0.1) is 0 Å². The van der Waals surface area contributed by atoms with Gasteiger partial charge in [-0.05, 0) is 13.3 Å². The molecule has 1 unspecified atom stereocenters. The number of carboxylic acid groups (broad SMARTS) is 1. The minimum Gasteiger partial charge on any atom is -0.476 e. The van der Waals surface area contributed by atoms with Crippen molar-refractivity contribution in [2.24, 2.45) is 0 Å². The highest BCUT2D eigenvalue weighted by Gasteiger charge is 2.08. The molecule has 8 nitrogen and oxygen atoms in total. The van der Waals surface area contributed by atoms with Crippen molar-refractivity contribution in [3.63, 3.8) is 0 Å². The zero-order valence-electron chi connectivity index (χ0n) is 11.6. The highest BCUT2D eigenvalue weighted by Crippen LogP contribution is 1.95. The van der Waals surface area contributed by atoms with E-state index in [2.05, 4.69) is 15.6 Å². The van der Waals surface area contributed by atoms with Crippen molar-refractivity contribution >= 4 is 12.0 Å². The van der Waals surface area contributed by atoms with Crippen molar-refractivity contribution in [3.8, 4) is 0 Å². The lowest BCUT2D eigenvalue weighted by molar-refractivity contribution is 0.0691. The van der Waals surface area contributed by atoms with E-state index in [1.54, 1.807) is 11.7 Å². The van der Waals surface area contributed by atoms with Crippen molar-refractivity contribution in [2.75, 3.05) is 20.3 Å². The second-order valence-electron chi connectivity index (χ2n) is 4.38. The number of amides is 2. The molecule has 0 aliphatic rings. The fraction of sp³-hybridized carbons (Fsp3) is 0.583. The van der Waals surface area contributed by atoms with E-state index >= 15 is 0 Å². The Bertz CT molecular complexity index is 446. The van der Waals surface area contributed by atoms with Crippen LogP contribution in [0.5, 0.6) is 0 Å². The van der Waals surface area contributed by atoms with Gasteiger partial charge in [0.25, 0.3) is 0 Å². The van der Waals surface area contributed by atoms with E-state index < -0.39 is 5.97 Å². The molecule has 1 heterocycles. The van der Waals surface area contributed by atoms with Gasteiger partial charge in [0.05, 0.1) is 6.33 Å². The number of hydrogen-bond acceptors (Lipinski definition) is 4. The van der Waals surface area contributed by atoms with Gasteiger partial charge in [-0.15, -0.1) is 0 Å². The molecule has 0 spiro atoms. The molecule has 0 fully saturated rings. The van der Waals surface area contributed by atoms with Crippen LogP contribution < -0.4 is 10.6 Å². The Balaban J connectivity index is 2.22. The topological polar surface area (TPSA) is 105 Å². The number of carboxylic acids is 1. The number of aromatic nitrogens is 2. The Morgan fingerprint density at radius 1 is 1.55 bits per heavy atom. The number of rotatable bonds is 8. The first kappa shape index (κ1) is 16.0. The molecule has 1 aromatic rings. The molecule has 112 valence electrons. The summed E-state index contributed by atoms with van der Waals surface area (Å²) in [5, 5.41) is 14.2. The molecule has 0 aromatic carbocycles. The number of urea groups is 1. The summed E-state index contributed by atoms with van der Waals surface area (Å²) in [4.78, 5) is 25.9. The van der Waals surface area contributed by atoms with E-state index in [0.717, 1.165) is 6.42 Å². The minimum atomic E-state index is -1.07. The molecule has 0 saturated heterocycles. The third kappa shape index (κ3) is 5.70. The zero-order valence-corrected chi connectivity index (χ0v) is 11.6. The largest absolute Gasteiger partial charge is 0.476 e. The number of methoxy groups -OCH3 is 1. The van der Waals surface area contributed by atoms with Gasteiger partial charge in [-0.25, -0.2) is 14.6 Å². The van der Waals surface area contributed by atoms with Gasteiger partial charge >= 0.3 is 12.0 Å². The Morgan fingerprint density at radius 3 is 2.90 bits per heavy atom. The molecular weight excluding hydrogens is 264 g/mol. The fourth-order valence-corrected chi connectivity index (χ4v) is 1.53. The van der Waals surface area contributed by atoms with Gasteiger partial charge in [0.15, 0.2) is 5.69 Å². The predicted octanol–water partition coefficient (Wildman–Crippen LogP) is 0.306. The smallest absolute Gasteiger partial charge is 0.356 e. The van der Waals surface area contributed by atoms with Crippen LogP contribution in [0.25, 0.3) is 0 Å². The Hall–Kier alpha value is -2.09. The van der Waals surface area contributed by atoms with Crippen molar-refractivity contribution in [1.82, 2.24) is 20.2 Å². The maximum Gasteiger partial charge on any atom is 0.356 e. The second kappa shape index (κ2) is 8.16. The summed E-state index contributed by atoms with van der Waals surface area (Å²) in [7, 11) is 1.61. The van der Waals surface area contributed by atoms with Gasteiger partial charge in [-0.3, -0.25) is 0 Å². The van der Waals surface area contributed by atoms with Crippen LogP contribution >= 0.6 is 0 Å². The maximum absolute atomic E-state index is 11.5. The third-order valence-corrected chi connectivity index (χ3v) is 2.64. The van der Waals surface area contributed by atoms with Crippen molar-refractivity contribution in [2.45, 2.75) is 25.9 Å². The van der Waals surface area contributed by atoms with Gasteiger partial charge in [-0.1, -0.05) is 0 Å². The van der Waals surface area contributed by atoms with Crippen LogP contribution in [0.1, 0.15) is 23.8 Å². The van der Waals surface area contributed by atoms with E-state index in [4.69, 9.17) is 9.84 Å². The number of nitrogens with zero attached hydrogens (tertiary/aromatic N) is 2. The molecule has 0 bridgehead atoms. The van der Waals surface area contributed by atoms with Crippen molar-refractivity contribution < 1.29 is 19.4 Å². The molecule has 2 amide bonds. The van der Waals surface area contributed by atoms with E-state index in [0.29, 0.717) is 19.7 Å². The monoisotopic (exact) mass is 284 g/mol. The SMILES string of the molecule is COCCC(C)NC(=O)NCCn1cnc(C(=O)O)c1. The van der Waals surface area contributed by atoms with Crippen LogP contribution in [-0.4, -0.2) is 53.0 Å². The van der Waals surface area contributed by atoms with Crippen molar-refractivity contribution in [3.05, 3.63) is 18.2 Å². The third-order valence-electron chi connectivity index (χ3n) is 2.64. The van der Waals surface area contributed by atoms with Gasteiger partial charge < -0.3 is 25.0 Å². The molecule has 20 heavy (non-hydrogen) atoms. The lowest BCUT2D eigenvalue weighted by Gasteiger charge is -2.14. The Morgan fingerprint density at radius 2 is 2.30 bits per heavy atom. The first-order valence-corrected chi connectivity index (χ1v) is 6.31. The summed E-state index contributed by atoms with van der Waals surface area (Å²) in [6.07, 6.45) is 3.58. The lowest BCUT2D eigenvalue weighted by Crippen LogP contribution is -2.42. The average molecular weight is 284 g/mol. The number of carbonyl (C=O) groups excluding carboxylic acids is 1. The molecule has 3 N–H and O–H groups in total. The lowest BCUT2D eigenvalue weighted by atomic mass is 10.2. The molecule has 1 rings (SSSR count). The summed E-state index contributed by atoms with van der Waals surface area (Å²) in [6.45, 7) is 3.33. The number of carbonyl (C=O) groups is 2. The molecule has 0 radical (unpaired) electrons. The zero-order chi connectivity index (χ0) is 15.0. The average Bonchev–Trinajstić information content (AvgIpc) is 2.85. The van der Waals surface area contributed by atoms with E-state index in [9.17, 15) is 9.59 Å². The first-order chi connectivity index (χ1) is 9.52. The minimum absolute atomic E-state index is 0.0114. The normalized spacial score (nSPS) is 11.9. The molecule has 0 saturated carbocycles. The number of aromatic carboxylic acids is 1. The van der Waals surface area contributed by atoms with Crippen LogP contribution in [0.4, 0.5) is 4.79 Å². The molecule has 0 aliphatic carbocycles. The van der Waals surface area contributed by atoms with Crippen LogP contribution in [0.15, 0.2) is 12.5 Å². The van der Waals surface area contributed by atoms with E-state index in [1.807, 2.05) is 6.92 Å². The second-order valence-corrected chi connectivity index (χ2v) is 4.38. The van der Waals surface area contributed by atoms with Gasteiger partial charge in [-0.2, -0.15) is 0 Å². The number of nitrogens with one attached hydrogen (secondary N) is 2. The molecule has 8 heteroatoms. The van der Waals surface area contributed by atoms with Gasteiger partial charge in [0.2, 0.25) is 0 Å². The standard InChI is InChI=1S/C12H20N4O4/c1-9(3-6-20-2)15-12(19)13-4-5-16-7-10(11(17)18)14-8-16/h7-9H,3-6H2,1-2H3,(H,17,18)(H2,13,15,19). The van der Waals surface area contributed by atoms with E-state index in [1.165, 1.54) is 12.5 Å². The summed E-state index contributed by atoms with van der Waals surface area (Å²) in [6, 6.07) is -0.228. The van der Waals surface area contributed by atoms with Gasteiger partial charge in [0, 0.05) is 39.0 Å². The van der Waals surface area contributed by atoms with Crippen LogP contribution in [-0.2, 0) is 11.3 Å². The summed E-state index contributed by atoms with van der Waals surface area (Å²) in [5.74, 6) is -1.07. The summed E-state index contributed by atoms with van der Waals surface area (Å²) >= 11 is 0. The molecule has 1 atom stereocenters. The first-order valence-electron chi connectivity index (χ1n) is 6.31. The summed E-state index contributed by atoms with van der Waals surface area (Å²) < 4.78 is 6.53. The predicted molar refractivity (Wildman–Crippen MR) is 71.7 cm³/mol. The molecular formula is C12H20N4O4. The highest BCUT2D eigenvalue weighted by molar-refractivity contribution is 5.84. The Kier molecular flexibility index (Phi) is 6.51.